The summed E-state index contributed by atoms with van der Waals surface area (Å²) in [6.07, 6.45) is 0. The Morgan fingerprint density at radius 3 is 2.67 bits per heavy atom. The summed E-state index contributed by atoms with van der Waals surface area (Å²) in [7, 11) is 0. The van der Waals surface area contributed by atoms with E-state index in [4.69, 9.17) is 5.73 Å². The Bertz CT molecular complexity index is 375. The molecule has 1 aromatic rings. The molecule has 0 fully saturated rings. The van der Waals surface area contributed by atoms with Crippen LogP contribution in [-0.4, -0.2) is 15.3 Å². The van der Waals surface area contributed by atoms with E-state index in [0.717, 1.165) is 0 Å². The topological polar surface area (TPSA) is 99.4 Å². The monoisotopic (exact) mass is 185 g/mol. The number of H-pyrrole nitrogens is 2. The minimum absolute atomic E-state index is 0.102. The fraction of sp³-hybridized carbons (Fsp3) is 0.200. The van der Waals surface area contributed by atoms with Crippen LogP contribution in [-0.2, 0) is 0 Å². The molecular formula is C5H7N5OS. The summed E-state index contributed by atoms with van der Waals surface area (Å²) in [4.78, 5) is 10.9. The molecular weight excluding hydrogens is 178 g/mol. The summed E-state index contributed by atoms with van der Waals surface area (Å²) in [5, 5.41) is 11.8. The Labute approximate surface area is 72.9 Å². The van der Waals surface area contributed by atoms with Gasteiger partial charge in [-0.15, -0.1) is 10.2 Å². The lowest BCUT2D eigenvalue weighted by Gasteiger charge is -1.84. The quantitative estimate of drug-likeness (QED) is 0.434. The molecule has 0 aliphatic heterocycles. The number of aromatic nitrogens is 2. The van der Waals surface area contributed by atoms with Gasteiger partial charge in [-0.2, -0.15) is 0 Å². The molecule has 4 N–H and O–H groups in total. The van der Waals surface area contributed by atoms with E-state index >= 15 is 0 Å². The van der Waals surface area contributed by atoms with Gasteiger partial charge in [0.15, 0.2) is 5.69 Å². The number of nitrogens with zero attached hydrogens (tertiary/aromatic N) is 2. The van der Waals surface area contributed by atoms with E-state index in [9.17, 15) is 4.79 Å². The fourth-order valence-corrected chi connectivity index (χ4v) is 0.700. The molecule has 0 amide bonds. The molecule has 1 heterocycles. The molecule has 0 saturated heterocycles. The highest BCUT2D eigenvalue weighted by Crippen LogP contribution is 2.08. The molecule has 1 aromatic heterocycles. The Balaban J connectivity index is 3.03. The van der Waals surface area contributed by atoms with Crippen LogP contribution >= 0.6 is 12.2 Å². The van der Waals surface area contributed by atoms with Gasteiger partial charge in [-0.25, -0.2) is 0 Å². The van der Waals surface area contributed by atoms with Crippen molar-refractivity contribution < 1.29 is 0 Å². The summed E-state index contributed by atoms with van der Waals surface area (Å²) in [6.45, 7) is 1.69. The fourth-order valence-electron chi connectivity index (χ4n) is 0.659. The van der Waals surface area contributed by atoms with Gasteiger partial charge in [-0.1, -0.05) is 0 Å². The maximum Gasteiger partial charge on any atom is 0.291 e. The maximum absolute atomic E-state index is 10.9. The number of nitrogens with one attached hydrogen (secondary N) is 2. The zero-order valence-electron chi connectivity index (χ0n) is 6.29. The average Bonchev–Trinajstić information content (AvgIpc) is 2.28. The first-order valence-corrected chi connectivity index (χ1v) is 3.50. The highest BCUT2D eigenvalue weighted by Gasteiger charge is 2.03. The van der Waals surface area contributed by atoms with Crippen molar-refractivity contribution in [1.29, 1.82) is 0 Å². The van der Waals surface area contributed by atoms with Crippen LogP contribution in [0.2, 0.25) is 0 Å². The van der Waals surface area contributed by atoms with Crippen molar-refractivity contribution in [2.24, 2.45) is 16.0 Å². The molecule has 0 unspecified atom stereocenters. The predicted octanol–water partition coefficient (Wildman–Crippen LogP) is 0.339. The van der Waals surface area contributed by atoms with Crippen LogP contribution in [0.5, 0.6) is 0 Å². The number of azo groups is 1. The smallest absolute Gasteiger partial charge is 0.291 e. The molecule has 0 aromatic carbocycles. The largest absolute Gasteiger partial charge is 0.373 e. The third-order valence-electron chi connectivity index (χ3n) is 1.18. The van der Waals surface area contributed by atoms with Crippen molar-refractivity contribution in [2.75, 3.05) is 0 Å². The van der Waals surface area contributed by atoms with Crippen molar-refractivity contribution >= 4 is 23.0 Å². The number of hydrogen-bond acceptors (Lipinski definition) is 3. The lowest BCUT2D eigenvalue weighted by Crippen LogP contribution is -2.02. The van der Waals surface area contributed by atoms with Gasteiger partial charge < -0.3 is 10.8 Å². The second-order valence-electron chi connectivity index (χ2n) is 2.09. The number of hydrogen-bond donors (Lipinski definition) is 3. The van der Waals surface area contributed by atoms with Crippen molar-refractivity contribution in [2.45, 2.75) is 6.92 Å². The van der Waals surface area contributed by atoms with E-state index in [-0.39, 0.29) is 16.4 Å². The first-order chi connectivity index (χ1) is 5.61. The molecule has 0 spiro atoms. The Kier molecular flexibility index (Phi) is 2.34. The zero-order chi connectivity index (χ0) is 9.14. The maximum atomic E-state index is 10.9. The van der Waals surface area contributed by atoms with Gasteiger partial charge in [0, 0.05) is 0 Å². The van der Waals surface area contributed by atoms with E-state index in [0.29, 0.717) is 5.69 Å². The average molecular weight is 185 g/mol. The lowest BCUT2D eigenvalue weighted by molar-refractivity contribution is 1.02. The van der Waals surface area contributed by atoms with Gasteiger partial charge in [0.2, 0.25) is 5.11 Å². The Hall–Kier alpha value is -1.50. The van der Waals surface area contributed by atoms with E-state index in [1.807, 2.05) is 0 Å². The third-order valence-corrected chi connectivity index (χ3v) is 1.26. The summed E-state index contributed by atoms with van der Waals surface area (Å²) in [5.74, 6) is 0. The summed E-state index contributed by atoms with van der Waals surface area (Å²) < 4.78 is 0. The molecule has 0 radical (unpaired) electrons. The second-order valence-corrected chi connectivity index (χ2v) is 2.51. The first-order valence-electron chi connectivity index (χ1n) is 3.09. The van der Waals surface area contributed by atoms with Crippen LogP contribution in [0.25, 0.3) is 0 Å². The van der Waals surface area contributed by atoms with Gasteiger partial charge in [0.1, 0.15) is 0 Å². The first kappa shape index (κ1) is 8.60. The summed E-state index contributed by atoms with van der Waals surface area (Å²) in [5.41, 5.74) is 5.51. The third kappa shape index (κ3) is 1.76. The standard InChI is InChI=1S/C5H7N5OS/c1-2-3(4(11)9-7-2)8-10-5(6)12/h1H3,(H2,6,12)(H2,7,9,11). The number of thiocarbonyl (C=S) groups is 1. The molecule has 7 heteroatoms. The molecule has 64 valence electrons. The molecule has 0 aliphatic rings. The minimum atomic E-state index is -0.340. The van der Waals surface area contributed by atoms with Gasteiger partial charge in [0.05, 0.1) is 5.69 Å². The molecule has 0 bridgehead atoms. The van der Waals surface area contributed by atoms with Crippen LogP contribution in [0, 0.1) is 6.92 Å². The molecule has 6 nitrogen and oxygen atoms in total. The summed E-state index contributed by atoms with van der Waals surface area (Å²) >= 11 is 4.45. The van der Waals surface area contributed by atoms with Crippen molar-refractivity contribution in [3.05, 3.63) is 16.0 Å². The van der Waals surface area contributed by atoms with Crippen molar-refractivity contribution in [1.82, 2.24) is 10.2 Å². The number of rotatable bonds is 1. The van der Waals surface area contributed by atoms with Crippen molar-refractivity contribution in [3.63, 3.8) is 0 Å². The normalized spacial score (nSPS) is 10.8. The van der Waals surface area contributed by atoms with Crippen LogP contribution in [0.3, 0.4) is 0 Å². The van der Waals surface area contributed by atoms with Crippen LogP contribution in [0.15, 0.2) is 15.0 Å². The highest BCUT2D eigenvalue weighted by atomic mass is 32.1. The molecule has 0 atom stereocenters. The van der Waals surface area contributed by atoms with Gasteiger partial charge in [-0.3, -0.25) is 9.89 Å². The van der Waals surface area contributed by atoms with Gasteiger partial charge in [0.25, 0.3) is 5.56 Å². The van der Waals surface area contributed by atoms with Gasteiger partial charge in [-0.05, 0) is 19.1 Å². The van der Waals surface area contributed by atoms with Crippen LogP contribution in [0.4, 0.5) is 5.69 Å². The van der Waals surface area contributed by atoms with Crippen LogP contribution in [0.1, 0.15) is 5.69 Å². The Morgan fingerprint density at radius 2 is 2.25 bits per heavy atom. The van der Waals surface area contributed by atoms with E-state index in [1.54, 1.807) is 6.92 Å². The van der Waals surface area contributed by atoms with Crippen molar-refractivity contribution in [3.8, 4) is 0 Å². The lowest BCUT2D eigenvalue weighted by atomic mass is 10.4. The van der Waals surface area contributed by atoms with E-state index < -0.39 is 0 Å². The zero-order valence-corrected chi connectivity index (χ0v) is 7.10. The molecule has 0 aliphatic carbocycles. The minimum Gasteiger partial charge on any atom is -0.373 e. The summed E-state index contributed by atoms with van der Waals surface area (Å²) in [6, 6.07) is 0. The van der Waals surface area contributed by atoms with E-state index in [2.05, 4.69) is 32.6 Å². The van der Waals surface area contributed by atoms with Gasteiger partial charge >= 0.3 is 0 Å². The molecule has 12 heavy (non-hydrogen) atoms. The number of aromatic amines is 2. The molecule has 1 rings (SSSR count). The second kappa shape index (κ2) is 3.26. The molecule has 0 saturated carbocycles. The SMILES string of the molecule is Cc1[nH][nH]c(=O)c1N=NC(N)=S. The van der Waals surface area contributed by atoms with Crippen LogP contribution < -0.4 is 11.3 Å². The number of nitrogens with two attached hydrogens (primary N) is 1. The number of aryl methyl sites for hydroxylation is 1. The highest BCUT2D eigenvalue weighted by molar-refractivity contribution is 7.80. The Morgan fingerprint density at radius 1 is 1.58 bits per heavy atom. The predicted molar refractivity (Wildman–Crippen MR) is 47.5 cm³/mol. The van der Waals surface area contributed by atoms with E-state index in [1.165, 1.54) is 0 Å².